The highest BCUT2D eigenvalue weighted by Gasteiger charge is 2.19. The fourth-order valence-corrected chi connectivity index (χ4v) is 2.28. The maximum atomic E-state index is 11.3. The van der Waals surface area contributed by atoms with Crippen molar-refractivity contribution in [2.45, 2.75) is 6.92 Å². The number of nitrogens with two attached hydrogens (primary N) is 1. The summed E-state index contributed by atoms with van der Waals surface area (Å²) in [6.45, 7) is 1.55. The Morgan fingerprint density at radius 2 is 1.79 bits per heavy atom. The Labute approximate surface area is 119 Å². The topological polar surface area (TPSA) is 89.1 Å². The van der Waals surface area contributed by atoms with Gasteiger partial charge in [0.05, 0.1) is 11.4 Å². The van der Waals surface area contributed by atoms with Crippen molar-refractivity contribution in [3.8, 4) is 11.3 Å². The van der Waals surface area contributed by atoms with Gasteiger partial charge >= 0.3 is 5.97 Å². The van der Waals surface area contributed by atoms with Gasteiger partial charge in [0.25, 0.3) is 0 Å². The summed E-state index contributed by atoms with van der Waals surface area (Å²) >= 11 is 11.8. The maximum Gasteiger partial charge on any atom is 0.339 e. The van der Waals surface area contributed by atoms with Gasteiger partial charge in [-0.05, 0) is 25.1 Å². The first-order valence-corrected chi connectivity index (χ1v) is 5.98. The fraction of sp³-hybridized carbons (Fsp3) is 0.0833. The second-order valence-electron chi connectivity index (χ2n) is 3.85. The van der Waals surface area contributed by atoms with Gasteiger partial charge in [-0.1, -0.05) is 23.2 Å². The number of benzene rings is 1. The number of anilines is 1. The Morgan fingerprint density at radius 1 is 1.21 bits per heavy atom. The van der Waals surface area contributed by atoms with Crippen LogP contribution in [-0.2, 0) is 0 Å². The highest BCUT2D eigenvalue weighted by molar-refractivity contribution is 6.35. The highest BCUT2D eigenvalue weighted by Crippen LogP contribution is 2.29. The lowest BCUT2D eigenvalue weighted by Gasteiger charge is -2.09. The maximum absolute atomic E-state index is 11.3. The van der Waals surface area contributed by atoms with Crippen LogP contribution in [0.3, 0.4) is 0 Å². The minimum absolute atomic E-state index is 0.00593. The third-order valence-corrected chi connectivity index (χ3v) is 2.89. The fourth-order valence-electron chi connectivity index (χ4n) is 1.75. The Balaban J connectivity index is 2.77. The van der Waals surface area contributed by atoms with E-state index in [1.165, 1.54) is 0 Å². The molecule has 2 rings (SSSR count). The monoisotopic (exact) mass is 297 g/mol. The van der Waals surface area contributed by atoms with Crippen LogP contribution in [0.25, 0.3) is 11.3 Å². The molecule has 0 saturated heterocycles. The van der Waals surface area contributed by atoms with Crippen molar-refractivity contribution >= 4 is 35.1 Å². The van der Waals surface area contributed by atoms with Crippen LogP contribution in [0.2, 0.25) is 10.0 Å². The van der Waals surface area contributed by atoms with E-state index < -0.39 is 5.97 Å². The number of nitrogens with zero attached hydrogens (tertiary/aromatic N) is 2. The number of halogens is 2. The molecule has 98 valence electrons. The summed E-state index contributed by atoms with van der Waals surface area (Å²) in [5.74, 6) is -1.14. The van der Waals surface area contributed by atoms with Crippen LogP contribution in [0, 0.1) is 6.92 Å². The van der Waals surface area contributed by atoms with E-state index in [1.54, 1.807) is 25.1 Å². The van der Waals surface area contributed by atoms with E-state index in [0.29, 0.717) is 15.6 Å². The zero-order chi connectivity index (χ0) is 14.2. The first kappa shape index (κ1) is 13.6. The molecule has 7 heteroatoms. The summed E-state index contributed by atoms with van der Waals surface area (Å²) in [5.41, 5.74) is 6.50. The van der Waals surface area contributed by atoms with E-state index in [0.717, 1.165) is 0 Å². The molecule has 5 nitrogen and oxygen atoms in total. The van der Waals surface area contributed by atoms with Crippen LogP contribution in [0.5, 0.6) is 0 Å². The average Bonchev–Trinajstić information content (AvgIpc) is 2.25. The van der Waals surface area contributed by atoms with E-state index >= 15 is 0 Å². The van der Waals surface area contributed by atoms with Gasteiger partial charge in [-0.15, -0.1) is 0 Å². The molecular weight excluding hydrogens is 289 g/mol. The van der Waals surface area contributed by atoms with Crippen LogP contribution >= 0.6 is 23.2 Å². The van der Waals surface area contributed by atoms with Crippen molar-refractivity contribution in [2.75, 3.05) is 5.73 Å². The van der Waals surface area contributed by atoms with Gasteiger partial charge < -0.3 is 10.8 Å². The second-order valence-corrected chi connectivity index (χ2v) is 4.73. The van der Waals surface area contributed by atoms with Crippen molar-refractivity contribution in [1.82, 2.24) is 9.97 Å². The number of carboxylic acid groups (broad SMARTS) is 1. The predicted molar refractivity (Wildman–Crippen MR) is 73.6 cm³/mol. The van der Waals surface area contributed by atoms with Gasteiger partial charge in [0.2, 0.25) is 5.95 Å². The van der Waals surface area contributed by atoms with Crippen molar-refractivity contribution in [1.29, 1.82) is 0 Å². The predicted octanol–water partition coefficient (Wildman–Crippen LogP) is 3.04. The molecule has 1 aromatic carbocycles. The van der Waals surface area contributed by atoms with E-state index in [4.69, 9.17) is 28.9 Å². The Kier molecular flexibility index (Phi) is 3.59. The highest BCUT2D eigenvalue weighted by atomic mass is 35.5. The number of hydrogen-bond acceptors (Lipinski definition) is 4. The Morgan fingerprint density at radius 3 is 2.32 bits per heavy atom. The standard InChI is InChI=1S/C12H9Cl2N3O2/c1-5-9(11(18)19)10(17-12(15)16-5)6-2-7(13)4-8(14)3-6/h2-4H,1H3,(H,18,19)(H2,15,16,17). The van der Waals surface area contributed by atoms with E-state index in [1.807, 2.05) is 0 Å². The molecule has 1 heterocycles. The third-order valence-electron chi connectivity index (χ3n) is 2.46. The van der Waals surface area contributed by atoms with E-state index in [2.05, 4.69) is 9.97 Å². The molecule has 0 unspecified atom stereocenters. The van der Waals surface area contributed by atoms with Crippen molar-refractivity contribution in [2.24, 2.45) is 0 Å². The summed E-state index contributed by atoms with van der Waals surface area (Å²) in [5, 5.41) is 10.0. The van der Waals surface area contributed by atoms with Gasteiger partial charge in [0, 0.05) is 15.6 Å². The molecule has 3 N–H and O–H groups in total. The molecule has 0 fully saturated rings. The average molecular weight is 298 g/mol. The number of aromatic nitrogens is 2. The molecule has 0 spiro atoms. The van der Waals surface area contributed by atoms with E-state index in [9.17, 15) is 9.90 Å². The van der Waals surface area contributed by atoms with Gasteiger partial charge in [0.15, 0.2) is 0 Å². The van der Waals surface area contributed by atoms with Gasteiger partial charge in [-0.2, -0.15) is 0 Å². The van der Waals surface area contributed by atoms with Gasteiger partial charge in [-0.3, -0.25) is 0 Å². The number of carboxylic acids is 1. The number of hydrogen-bond donors (Lipinski definition) is 2. The second kappa shape index (κ2) is 5.03. The number of carbonyl (C=O) groups is 1. The molecule has 0 saturated carbocycles. The summed E-state index contributed by atoms with van der Waals surface area (Å²) < 4.78 is 0. The molecule has 0 radical (unpaired) electrons. The smallest absolute Gasteiger partial charge is 0.339 e. The number of rotatable bonds is 2. The summed E-state index contributed by atoms with van der Waals surface area (Å²) in [7, 11) is 0. The molecule has 0 aliphatic rings. The van der Waals surface area contributed by atoms with Crippen LogP contribution in [-0.4, -0.2) is 21.0 Å². The zero-order valence-corrected chi connectivity index (χ0v) is 11.3. The summed E-state index contributed by atoms with van der Waals surface area (Å²) in [4.78, 5) is 19.1. The molecule has 0 atom stereocenters. The molecule has 0 amide bonds. The van der Waals surface area contributed by atoms with Crippen LogP contribution in [0.4, 0.5) is 5.95 Å². The summed E-state index contributed by atoms with van der Waals surface area (Å²) in [6.07, 6.45) is 0. The minimum atomic E-state index is -1.14. The SMILES string of the molecule is Cc1nc(N)nc(-c2cc(Cl)cc(Cl)c2)c1C(=O)O. The zero-order valence-electron chi connectivity index (χ0n) is 9.82. The van der Waals surface area contributed by atoms with Crippen molar-refractivity contribution < 1.29 is 9.90 Å². The molecule has 0 bridgehead atoms. The lowest BCUT2D eigenvalue weighted by atomic mass is 10.0. The van der Waals surface area contributed by atoms with Crippen molar-refractivity contribution in [3.05, 3.63) is 39.5 Å². The first-order chi connectivity index (χ1) is 8.88. The first-order valence-electron chi connectivity index (χ1n) is 5.22. The number of aromatic carboxylic acids is 1. The van der Waals surface area contributed by atoms with Gasteiger partial charge in [0.1, 0.15) is 5.56 Å². The molecule has 1 aromatic heterocycles. The molecular formula is C12H9Cl2N3O2. The van der Waals surface area contributed by atoms with Crippen LogP contribution < -0.4 is 5.73 Å². The number of nitrogen functional groups attached to an aromatic ring is 1. The lowest BCUT2D eigenvalue weighted by molar-refractivity contribution is 0.0696. The van der Waals surface area contributed by atoms with E-state index in [-0.39, 0.29) is 22.9 Å². The van der Waals surface area contributed by atoms with Crippen LogP contribution in [0.1, 0.15) is 16.1 Å². The lowest BCUT2D eigenvalue weighted by Crippen LogP contribution is -2.09. The normalized spacial score (nSPS) is 10.5. The van der Waals surface area contributed by atoms with Gasteiger partial charge in [-0.25, -0.2) is 14.8 Å². The largest absolute Gasteiger partial charge is 0.478 e. The molecule has 0 aliphatic heterocycles. The molecule has 19 heavy (non-hydrogen) atoms. The van der Waals surface area contributed by atoms with Crippen molar-refractivity contribution in [3.63, 3.8) is 0 Å². The summed E-state index contributed by atoms with van der Waals surface area (Å²) in [6, 6.07) is 4.69. The number of aryl methyl sites for hydroxylation is 1. The Bertz CT molecular complexity index is 654. The van der Waals surface area contributed by atoms with Crippen LogP contribution in [0.15, 0.2) is 18.2 Å². The minimum Gasteiger partial charge on any atom is -0.478 e. The molecule has 2 aromatic rings. The Hall–Kier alpha value is -1.85. The third kappa shape index (κ3) is 2.77. The molecule has 0 aliphatic carbocycles. The quantitative estimate of drug-likeness (QED) is 0.889.